The van der Waals surface area contributed by atoms with Crippen molar-refractivity contribution in [3.63, 3.8) is 0 Å². The van der Waals surface area contributed by atoms with Crippen molar-refractivity contribution in [1.82, 2.24) is 10.7 Å². The fourth-order valence-corrected chi connectivity index (χ4v) is 2.04. The number of nitrogens with zero attached hydrogens (tertiary/aromatic N) is 1. The molecule has 3 N–H and O–H groups in total. The van der Waals surface area contributed by atoms with Crippen LogP contribution in [0.5, 0.6) is 0 Å². The molecule has 0 atom stereocenters. The lowest BCUT2D eigenvalue weighted by Gasteiger charge is -2.15. The zero-order valence-corrected chi connectivity index (χ0v) is 13.5. The molecule has 11 heteroatoms. The van der Waals surface area contributed by atoms with E-state index in [0.29, 0.717) is 0 Å². The first-order valence-corrected chi connectivity index (χ1v) is 7.42. The van der Waals surface area contributed by atoms with E-state index in [1.165, 1.54) is 30.3 Å². The molecular weight excluding hydrogens is 369 g/mol. The zero-order chi connectivity index (χ0) is 20.0. The molecule has 0 aliphatic carbocycles. The second-order valence-corrected chi connectivity index (χ2v) is 5.21. The van der Waals surface area contributed by atoms with Gasteiger partial charge in [-0.1, -0.05) is 18.2 Å². The summed E-state index contributed by atoms with van der Waals surface area (Å²) in [6, 6.07) is 9.39. The Bertz CT molecular complexity index is 871. The molecule has 142 valence electrons. The van der Waals surface area contributed by atoms with E-state index in [1.807, 2.05) is 5.43 Å². The van der Waals surface area contributed by atoms with Crippen molar-refractivity contribution < 1.29 is 27.7 Å². The van der Waals surface area contributed by atoms with E-state index in [9.17, 15) is 32.9 Å². The number of hydrogen-bond donors (Lipinski definition) is 3. The number of rotatable bonds is 6. The number of carbonyl (C=O) groups excluding carboxylic acids is 2. The number of para-hydroxylation sites is 1. The van der Waals surface area contributed by atoms with Crippen LogP contribution in [0, 0.1) is 10.1 Å². The maximum Gasteiger partial charge on any atom is 0.418 e. The quantitative estimate of drug-likeness (QED) is 0.525. The maximum absolute atomic E-state index is 12.8. The molecule has 0 aliphatic rings. The number of hydrogen-bond acceptors (Lipinski definition) is 5. The molecule has 0 saturated carbocycles. The third-order valence-electron chi connectivity index (χ3n) is 3.30. The molecule has 2 rings (SSSR count). The molecule has 2 aromatic carbocycles. The van der Waals surface area contributed by atoms with Gasteiger partial charge in [0.25, 0.3) is 17.5 Å². The Balaban J connectivity index is 1.91. The summed E-state index contributed by atoms with van der Waals surface area (Å²) in [4.78, 5) is 33.6. The number of nitrogens with one attached hydrogen (secondary N) is 3. The van der Waals surface area contributed by atoms with Crippen LogP contribution in [0.2, 0.25) is 0 Å². The van der Waals surface area contributed by atoms with Crippen molar-refractivity contribution in [3.05, 3.63) is 69.8 Å². The highest BCUT2D eigenvalue weighted by molar-refractivity contribution is 5.97. The van der Waals surface area contributed by atoms with Gasteiger partial charge in [-0.05, 0) is 18.2 Å². The molecule has 27 heavy (non-hydrogen) atoms. The number of alkyl halides is 3. The number of anilines is 1. The number of benzene rings is 2. The molecule has 0 aliphatic heterocycles. The standard InChI is InChI=1S/C16H13F3N4O4/c17-16(18,19)12-6-1-2-7-13(12)21-22-14(24)9-20-15(25)10-4-3-5-11(8-10)23(26)27/h1-8,21H,9H2,(H,20,25)(H,22,24). The summed E-state index contributed by atoms with van der Waals surface area (Å²) in [6.07, 6.45) is -4.61. The van der Waals surface area contributed by atoms with Gasteiger partial charge < -0.3 is 5.32 Å². The van der Waals surface area contributed by atoms with E-state index < -0.39 is 35.0 Å². The summed E-state index contributed by atoms with van der Waals surface area (Å²) < 4.78 is 38.5. The van der Waals surface area contributed by atoms with Gasteiger partial charge in [-0.2, -0.15) is 13.2 Å². The van der Waals surface area contributed by atoms with E-state index >= 15 is 0 Å². The number of amides is 2. The first-order valence-electron chi connectivity index (χ1n) is 7.42. The van der Waals surface area contributed by atoms with E-state index in [0.717, 1.165) is 18.2 Å². The van der Waals surface area contributed by atoms with Gasteiger partial charge in [-0.15, -0.1) is 0 Å². The van der Waals surface area contributed by atoms with Crippen molar-refractivity contribution in [3.8, 4) is 0 Å². The summed E-state index contributed by atoms with van der Waals surface area (Å²) in [6.45, 7) is -0.553. The molecule has 0 saturated heterocycles. The van der Waals surface area contributed by atoms with Gasteiger partial charge in [0, 0.05) is 17.7 Å². The van der Waals surface area contributed by atoms with Gasteiger partial charge in [0.05, 0.1) is 22.7 Å². The largest absolute Gasteiger partial charge is 0.418 e. The minimum atomic E-state index is -4.61. The van der Waals surface area contributed by atoms with Gasteiger partial charge >= 0.3 is 6.18 Å². The van der Waals surface area contributed by atoms with Crippen LogP contribution in [0.15, 0.2) is 48.5 Å². The van der Waals surface area contributed by atoms with Gasteiger partial charge in [0.2, 0.25) is 0 Å². The van der Waals surface area contributed by atoms with Crippen molar-refractivity contribution in [2.45, 2.75) is 6.18 Å². The predicted octanol–water partition coefficient (Wildman–Crippen LogP) is 2.49. The van der Waals surface area contributed by atoms with E-state index in [1.54, 1.807) is 0 Å². The third kappa shape index (κ3) is 5.42. The highest BCUT2D eigenvalue weighted by Gasteiger charge is 2.33. The molecule has 0 heterocycles. The molecule has 2 amide bonds. The minimum absolute atomic E-state index is 0.0348. The maximum atomic E-state index is 12.8. The molecule has 0 bridgehead atoms. The predicted molar refractivity (Wildman–Crippen MR) is 88.6 cm³/mol. The Morgan fingerprint density at radius 1 is 1.07 bits per heavy atom. The molecule has 0 radical (unpaired) electrons. The Morgan fingerprint density at radius 2 is 1.78 bits per heavy atom. The number of halogens is 3. The topological polar surface area (TPSA) is 113 Å². The Kier molecular flexibility index (Phi) is 5.96. The number of carbonyl (C=O) groups is 2. The summed E-state index contributed by atoms with van der Waals surface area (Å²) in [5, 5.41) is 12.9. The van der Waals surface area contributed by atoms with E-state index in [-0.39, 0.29) is 16.9 Å². The Labute approximate surface area is 150 Å². The lowest BCUT2D eigenvalue weighted by molar-refractivity contribution is -0.384. The van der Waals surface area contributed by atoms with Gasteiger partial charge in [0.15, 0.2) is 0 Å². The number of non-ortho nitro benzene ring substituents is 1. The summed E-state index contributed by atoms with van der Waals surface area (Å²) in [5.41, 5.74) is 2.53. The van der Waals surface area contributed by atoms with Gasteiger partial charge in [0.1, 0.15) is 0 Å². The highest BCUT2D eigenvalue weighted by Crippen LogP contribution is 2.34. The summed E-state index contributed by atoms with van der Waals surface area (Å²) >= 11 is 0. The van der Waals surface area contributed by atoms with Crippen LogP contribution in [0.4, 0.5) is 24.5 Å². The van der Waals surface area contributed by atoms with Crippen LogP contribution in [0.25, 0.3) is 0 Å². The fourth-order valence-electron chi connectivity index (χ4n) is 2.04. The second-order valence-electron chi connectivity index (χ2n) is 5.21. The number of nitro benzene ring substituents is 1. The second kappa shape index (κ2) is 8.17. The fraction of sp³-hybridized carbons (Fsp3) is 0.125. The molecule has 0 spiro atoms. The van der Waals surface area contributed by atoms with Crippen LogP contribution in [-0.2, 0) is 11.0 Å². The lowest BCUT2D eigenvalue weighted by Crippen LogP contribution is -2.39. The van der Waals surface area contributed by atoms with Gasteiger partial charge in [-0.25, -0.2) is 0 Å². The smallest absolute Gasteiger partial charge is 0.343 e. The van der Waals surface area contributed by atoms with Crippen LogP contribution < -0.4 is 16.2 Å². The summed E-state index contributed by atoms with van der Waals surface area (Å²) in [7, 11) is 0. The average Bonchev–Trinajstić information content (AvgIpc) is 2.64. The number of hydrazine groups is 1. The van der Waals surface area contributed by atoms with Gasteiger partial charge in [-0.3, -0.25) is 30.6 Å². The normalized spacial score (nSPS) is 10.8. The molecule has 0 fully saturated rings. The monoisotopic (exact) mass is 382 g/mol. The lowest BCUT2D eigenvalue weighted by atomic mass is 10.2. The Hall–Kier alpha value is -3.63. The first-order chi connectivity index (χ1) is 12.7. The van der Waals surface area contributed by atoms with Crippen LogP contribution in [-0.4, -0.2) is 23.3 Å². The third-order valence-corrected chi connectivity index (χ3v) is 3.30. The Morgan fingerprint density at radius 3 is 2.44 bits per heavy atom. The zero-order valence-electron chi connectivity index (χ0n) is 13.5. The van der Waals surface area contributed by atoms with Crippen LogP contribution in [0.3, 0.4) is 0 Å². The molecular formula is C16H13F3N4O4. The van der Waals surface area contributed by atoms with Crippen molar-refractivity contribution in [2.24, 2.45) is 0 Å². The average molecular weight is 382 g/mol. The van der Waals surface area contributed by atoms with E-state index in [2.05, 4.69) is 10.7 Å². The van der Waals surface area contributed by atoms with Crippen LogP contribution in [0.1, 0.15) is 15.9 Å². The van der Waals surface area contributed by atoms with Crippen molar-refractivity contribution in [1.29, 1.82) is 0 Å². The minimum Gasteiger partial charge on any atom is -0.343 e. The molecule has 0 unspecified atom stereocenters. The van der Waals surface area contributed by atoms with Crippen LogP contribution >= 0.6 is 0 Å². The number of nitro groups is 1. The molecule has 8 nitrogen and oxygen atoms in total. The highest BCUT2D eigenvalue weighted by atomic mass is 19.4. The van der Waals surface area contributed by atoms with Crippen molar-refractivity contribution in [2.75, 3.05) is 12.0 Å². The SMILES string of the molecule is O=C(CNC(=O)c1cccc([N+](=O)[O-])c1)NNc1ccccc1C(F)(F)F. The summed E-state index contributed by atoms with van der Waals surface area (Å²) in [5.74, 6) is -1.56. The van der Waals surface area contributed by atoms with Crippen molar-refractivity contribution >= 4 is 23.2 Å². The molecule has 0 aromatic heterocycles. The molecule has 2 aromatic rings. The first kappa shape index (κ1) is 19.7. The van der Waals surface area contributed by atoms with E-state index in [4.69, 9.17) is 0 Å².